The second-order valence-electron chi connectivity index (χ2n) is 6.58. The van der Waals surface area contributed by atoms with Crippen molar-refractivity contribution in [2.75, 3.05) is 0 Å². The lowest BCUT2D eigenvalue weighted by Crippen LogP contribution is -2.04. The van der Waals surface area contributed by atoms with Gasteiger partial charge >= 0.3 is 6.18 Å². The first-order valence-electron chi connectivity index (χ1n) is 9.09. The number of hydrogen-bond donors (Lipinski definition) is 0. The Hall–Kier alpha value is -3.54. The molecule has 6 heteroatoms. The summed E-state index contributed by atoms with van der Waals surface area (Å²) in [7, 11) is 0. The van der Waals surface area contributed by atoms with Crippen molar-refractivity contribution in [1.82, 2.24) is 4.98 Å². The Morgan fingerprint density at radius 2 is 1.93 bits per heavy atom. The number of pyridine rings is 1. The number of benzene rings is 1. The Morgan fingerprint density at radius 3 is 2.60 bits per heavy atom. The van der Waals surface area contributed by atoms with Crippen LogP contribution in [0.4, 0.5) is 13.2 Å². The van der Waals surface area contributed by atoms with Crippen LogP contribution in [0.2, 0.25) is 0 Å². The van der Waals surface area contributed by atoms with Crippen LogP contribution in [0.15, 0.2) is 102 Å². The van der Waals surface area contributed by atoms with E-state index in [9.17, 15) is 13.2 Å². The van der Waals surface area contributed by atoms with Crippen molar-refractivity contribution in [3.63, 3.8) is 0 Å². The van der Waals surface area contributed by atoms with E-state index in [-0.39, 0.29) is 12.5 Å². The van der Waals surface area contributed by atoms with Crippen LogP contribution in [-0.2, 0) is 17.5 Å². The molecule has 1 aromatic carbocycles. The molecule has 1 unspecified atom stereocenters. The molecule has 1 atom stereocenters. The van der Waals surface area contributed by atoms with Crippen LogP contribution in [0.3, 0.4) is 0 Å². The molecule has 0 amide bonds. The smallest absolute Gasteiger partial charge is 0.416 e. The van der Waals surface area contributed by atoms with Gasteiger partial charge in [-0.25, -0.2) is 0 Å². The highest BCUT2D eigenvalue weighted by Crippen LogP contribution is 2.33. The quantitative estimate of drug-likeness (QED) is 0.229. The molecule has 154 valence electrons. The standard InChI is InChI=1S/C24H20F3NO2/c1-4-22(19-8-6-12-28-14-19)16(2)17(3)29-15-21-10-11-23(30-21)18-7-5-9-20(13-18)24(25,26)27/h4-14,22H,1-3,15H2. The van der Waals surface area contributed by atoms with E-state index < -0.39 is 11.7 Å². The predicted octanol–water partition coefficient (Wildman–Crippen LogP) is 6.92. The highest BCUT2D eigenvalue weighted by molar-refractivity contribution is 5.59. The largest absolute Gasteiger partial charge is 0.486 e. The number of nitrogens with zero attached hydrogens (tertiary/aromatic N) is 1. The van der Waals surface area contributed by atoms with Crippen molar-refractivity contribution in [3.8, 4) is 11.3 Å². The van der Waals surface area contributed by atoms with Gasteiger partial charge in [-0.15, -0.1) is 6.58 Å². The van der Waals surface area contributed by atoms with Gasteiger partial charge in [0.05, 0.1) is 5.56 Å². The predicted molar refractivity (Wildman–Crippen MR) is 109 cm³/mol. The summed E-state index contributed by atoms with van der Waals surface area (Å²) in [5.41, 5.74) is 1.14. The zero-order valence-electron chi connectivity index (χ0n) is 16.2. The molecule has 0 bridgehead atoms. The summed E-state index contributed by atoms with van der Waals surface area (Å²) in [6.45, 7) is 11.8. The molecule has 30 heavy (non-hydrogen) atoms. The van der Waals surface area contributed by atoms with Gasteiger partial charge in [-0.05, 0) is 41.5 Å². The molecule has 3 nitrogen and oxygen atoms in total. The van der Waals surface area contributed by atoms with E-state index in [2.05, 4.69) is 24.7 Å². The van der Waals surface area contributed by atoms with Gasteiger partial charge in [-0.1, -0.05) is 37.4 Å². The van der Waals surface area contributed by atoms with E-state index in [4.69, 9.17) is 9.15 Å². The average Bonchev–Trinajstić information content (AvgIpc) is 3.22. The average molecular weight is 411 g/mol. The van der Waals surface area contributed by atoms with Crippen LogP contribution in [0.5, 0.6) is 0 Å². The van der Waals surface area contributed by atoms with Crippen LogP contribution in [0.1, 0.15) is 22.8 Å². The molecule has 0 saturated heterocycles. The molecule has 0 aliphatic carbocycles. The minimum Gasteiger partial charge on any atom is -0.486 e. The summed E-state index contributed by atoms with van der Waals surface area (Å²) in [5.74, 6) is 0.931. The maximum atomic E-state index is 12.9. The molecule has 3 rings (SSSR count). The molecule has 0 radical (unpaired) electrons. The van der Waals surface area contributed by atoms with Crippen LogP contribution >= 0.6 is 0 Å². The zero-order valence-corrected chi connectivity index (χ0v) is 16.2. The highest BCUT2D eigenvalue weighted by Gasteiger charge is 2.30. The molecule has 0 aliphatic heterocycles. The second kappa shape index (κ2) is 8.86. The van der Waals surface area contributed by atoms with E-state index in [0.29, 0.717) is 28.4 Å². The maximum Gasteiger partial charge on any atom is 0.416 e. The third-order valence-corrected chi connectivity index (χ3v) is 4.54. The molecule has 0 saturated carbocycles. The van der Waals surface area contributed by atoms with Crippen LogP contribution < -0.4 is 0 Å². The van der Waals surface area contributed by atoms with Gasteiger partial charge in [0.25, 0.3) is 0 Å². The minimum atomic E-state index is -4.41. The SMILES string of the molecule is C=CC(C(=C)C(=C)OCc1ccc(-c2cccc(C(F)(F)F)c2)o1)c1cccnc1. The van der Waals surface area contributed by atoms with E-state index in [0.717, 1.165) is 17.7 Å². The van der Waals surface area contributed by atoms with E-state index in [1.807, 2.05) is 12.1 Å². The summed E-state index contributed by atoms with van der Waals surface area (Å²) >= 11 is 0. The van der Waals surface area contributed by atoms with Crippen molar-refractivity contribution in [3.05, 3.63) is 115 Å². The van der Waals surface area contributed by atoms with Crippen molar-refractivity contribution in [2.45, 2.75) is 18.7 Å². The van der Waals surface area contributed by atoms with Crippen molar-refractivity contribution in [2.24, 2.45) is 0 Å². The van der Waals surface area contributed by atoms with Gasteiger partial charge in [-0.2, -0.15) is 13.2 Å². The van der Waals surface area contributed by atoms with E-state index in [1.165, 1.54) is 6.07 Å². The number of ether oxygens (including phenoxy) is 1. The summed E-state index contributed by atoms with van der Waals surface area (Å²) in [4.78, 5) is 4.10. The fourth-order valence-corrected chi connectivity index (χ4v) is 2.92. The number of furan rings is 1. The Bertz CT molecular complexity index is 1050. The molecule has 0 aliphatic rings. The molecule has 0 spiro atoms. The number of halogens is 3. The first-order chi connectivity index (χ1) is 14.3. The normalized spacial score (nSPS) is 12.2. The lowest BCUT2D eigenvalue weighted by atomic mass is 9.92. The fraction of sp³-hybridized carbons (Fsp3) is 0.125. The molecular formula is C24H20F3NO2. The summed E-state index contributed by atoms with van der Waals surface area (Å²) in [6.07, 6.45) is 0.713. The van der Waals surface area contributed by atoms with Crippen molar-refractivity contribution in [1.29, 1.82) is 0 Å². The molecule has 2 heterocycles. The van der Waals surface area contributed by atoms with Gasteiger partial charge in [0, 0.05) is 23.9 Å². The lowest BCUT2D eigenvalue weighted by molar-refractivity contribution is -0.137. The fourth-order valence-electron chi connectivity index (χ4n) is 2.92. The van der Waals surface area contributed by atoms with Gasteiger partial charge in [-0.3, -0.25) is 4.98 Å². The Balaban J connectivity index is 1.66. The van der Waals surface area contributed by atoms with Gasteiger partial charge in [0.1, 0.15) is 23.9 Å². The topological polar surface area (TPSA) is 35.3 Å². The van der Waals surface area contributed by atoms with Gasteiger partial charge < -0.3 is 9.15 Å². The molecule has 0 N–H and O–H groups in total. The van der Waals surface area contributed by atoms with Crippen LogP contribution in [-0.4, -0.2) is 4.98 Å². The van der Waals surface area contributed by atoms with Crippen molar-refractivity contribution < 1.29 is 22.3 Å². The number of alkyl halides is 3. The lowest BCUT2D eigenvalue weighted by Gasteiger charge is -2.18. The minimum absolute atomic E-state index is 0.0632. The van der Waals surface area contributed by atoms with Crippen molar-refractivity contribution >= 4 is 0 Å². The number of allylic oxidation sites excluding steroid dienone is 2. The zero-order chi connectivity index (χ0) is 21.7. The number of rotatable bonds is 8. The van der Waals surface area contributed by atoms with E-state index in [1.54, 1.807) is 36.7 Å². The summed E-state index contributed by atoms with van der Waals surface area (Å²) in [5, 5.41) is 0. The Morgan fingerprint density at radius 1 is 1.13 bits per heavy atom. The van der Waals surface area contributed by atoms with Crippen LogP contribution in [0.25, 0.3) is 11.3 Å². The molecule has 3 aromatic rings. The third kappa shape index (κ3) is 4.89. The molecule has 2 aromatic heterocycles. The van der Waals surface area contributed by atoms with Gasteiger partial charge in [0.15, 0.2) is 0 Å². The number of hydrogen-bond acceptors (Lipinski definition) is 3. The highest BCUT2D eigenvalue weighted by atomic mass is 19.4. The first kappa shape index (κ1) is 21.2. The summed E-state index contributed by atoms with van der Waals surface area (Å²) < 4.78 is 50.1. The van der Waals surface area contributed by atoms with Gasteiger partial charge in [0.2, 0.25) is 0 Å². The Kier molecular flexibility index (Phi) is 6.26. The number of aromatic nitrogens is 1. The first-order valence-corrected chi connectivity index (χ1v) is 9.09. The second-order valence-corrected chi connectivity index (χ2v) is 6.58. The van der Waals surface area contributed by atoms with E-state index >= 15 is 0 Å². The summed E-state index contributed by atoms with van der Waals surface area (Å²) in [6, 6.07) is 12.0. The monoisotopic (exact) mass is 411 g/mol. The molecule has 0 fully saturated rings. The maximum absolute atomic E-state index is 12.9. The third-order valence-electron chi connectivity index (χ3n) is 4.54. The molecular weight excluding hydrogens is 391 g/mol. The Labute approximate surface area is 172 Å². The van der Waals surface area contributed by atoms with Crippen LogP contribution in [0, 0.1) is 0 Å².